The molecule has 186 valence electrons. The molecule has 1 aromatic carbocycles. The molecule has 8 heteroatoms. The monoisotopic (exact) mass is 494 g/mol. The predicted molar refractivity (Wildman–Crippen MR) is 129 cm³/mol. The highest BCUT2D eigenvalue weighted by Gasteiger charge is 2.43. The van der Waals surface area contributed by atoms with Gasteiger partial charge in [-0.1, -0.05) is 38.8 Å². The molecule has 2 amide bonds. The summed E-state index contributed by atoms with van der Waals surface area (Å²) in [4.78, 5) is 28.4. The lowest BCUT2D eigenvalue weighted by Gasteiger charge is -2.44. The molecule has 1 heterocycles. The molecule has 1 N–H and O–H groups in total. The van der Waals surface area contributed by atoms with E-state index in [2.05, 4.69) is 19.2 Å². The van der Waals surface area contributed by atoms with Gasteiger partial charge in [0.1, 0.15) is 0 Å². The van der Waals surface area contributed by atoms with E-state index in [-0.39, 0.29) is 35.1 Å². The van der Waals surface area contributed by atoms with Crippen LogP contribution >= 0.6 is 11.8 Å². The fraction of sp³-hybridized carbons (Fsp3) is 0.615. The van der Waals surface area contributed by atoms with Gasteiger partial charge in [0.2, 0.25) is 5.91 Å². The van der Waals surface area contributed by atoms with Gasteiger partial charge in [-0.3, -0.25) is 9.59 Å². The maximum atomic E-state index is 13.1. The van der Waals surface area contributed by atoms with E-state index in [1.165, 1.54) is 30.3 Å². The van der Waals surface area contributed by atoms with Gasteiger partial charge in [0.05, 0.1) is 10.5 Å². The Morgan fingerprint density at radius 1 is 1.12 bits per heavy atom. The molecule has 6 atom stereocenters. The Hall–Kier alpha value is -1.96. The van der Waals surface area contributed by atoms with E-state index in [1.54, 1.807) is 18.0 Å². The van der Waals surface area contributed by atoms with Gasteiger partial charge in [-0.05, 0) is 61.3 Å². The number of alkyl halides is 3. The fourth-order valence-corrected chi connectivity index (χ4v) is 7.02. The molecule has 0 radical (unpaired) electrons. The van der Waals surface area contributed by atoms with Crippen LogP contribution in [-0.2, 0) is 15.8 Å². The molecular formula is C26H33F3N2O2S. The first-order valence-electron chi connectivity index (χ1n) is 12.2. The van der Waals surface area contributed by atoms with Crippen LogP contribution < -0.4 is 5.32 Å². The Morgan fingerprint density at radius 2 is 1.82 bits per heavy atom. The minimum atomic E-state index is -4.38. The average molecular weight is 495 g/mol. The standard InChI is InChI=1S/C26H33F3N2O2S/c1-15-5-4-6-20(16(15)2)30-24(32)18-9-12-22-21(14-18)31(3)25(33)23(34-22)13-17-7-10-19(11-8-17)26(27,28)29/h7-8,10-11,13,15-16,18,20-22H,4-6,9,12,14H2,1-3H3,(H,30,32)/b23-13-. The van der Waals surface area contributed by atoms with Crippen molar-refractivity contribution in [2.75, 3.05) is 7.05 Å². The zero-order chi connectivity index (χ0) is 24.6. The Morgan fingerprint density at radius 3 is 2.50 bits per heavy atom. The summed E-state index contributed by atoms with van der Waals surface area (Å²) in [6, 6.07) is 5.07. The number of amides is 2. The van der Waals surface area contributed by atoms with Crippen molar-refractivity contribution in [3.63, 3.8) is 0 Å². The van der Waals surface area contributed by atoms with E-state index in [0.717, 1.165) is 37.8 Å². The average Bonchev–Trinajstić information content (AvgIpc) is 2.80. The van der Waals surface area contributed by atoms with Crippen LogP contribution in [0.15, 0.2) is 29.2 Å². The van der Waals surface area contributed by atoms with Gasteiger partial charge in [0.15, 0.2) is 0 Å². The van der Waals surface area contributed by atoms with Crippen molar-refractivity contribution in [3.05, 3.63) is 40.3 Å². The van der Waals surface area contributed by atoms with Crippen molar-refractivity contribution in [2.45, 2.75) is 75.9 Å². The van der Waals surface area contributed by atoms with E-state index >= 15 is 0 Å². The molecule has 4 nitrogen and oxygen atoms in total. The van der Waals surface area contributed by atoms with E-state index < -0.39 is 11.7 Å². The number of nitrogens with zero attached hydrogens (tertiary/aromatic N) is 1. The number of carbonyl (C=O) groups excluding carboxylic acids is 2. The molecule has 34 heavy (non-hydrogen) atoms. The molecule has 3 aliphatic rings. The number of thioether (sulfide) groups is 1. The Labute approximate surface area is 203 Å². The maximum Gasteiger partial charge on any atom is 0.416 e. The third-order valence-electron chi connectivity index (χ3n) is 8.00. The summed E-state index contributed by atoms with van der Waals surface area (Å²) in [5, 5.41) is 3.49. The normalized spacial score (nSPS) is 33.5. The van der Waals surface area contributed by atoms with Gasteiger partial charge in [-0.25, -0.2) is 0 Å². The summed E-state index contributed by atoms with van der Waals surface area (Å²) in [5.41, 5.74) is -0.136. The van der Waals surface area contributed by atoms with Gasteiger partial charge in [-0.15, -0.1) is 11.8 Å². The van der Waals surface area contributed by atoms with Crippen LogP contribution in [0.2, 0.25) is 0 Å². The lowest BCUT2D eigenvalue weighted by molar-refractivity contribution is -0.137. The number of halogens is 3. The predicted octanol–water partition coefficient (Wildman–Crippen LogP) is 5.73. The summed E-state index contributed by atoms with van der Waals surface area (Å²) in [6.45, 7) is 4.48. The molecule has 1 saturated heterocycles. The van der Waals surface area contributed by atoms with Crippen LogP contribution in [0.3, 0.4) is 0 Å². The van der Waals surface area contributed by atoms with Crippen LogP contribution in [0.1, 0.15) is 63.5 Å². The van der Waals surface area contributed by atoms with Gasteiger partial charge in [-0.2, -0.15) is 13.2 Å². The number of fused-ring (bicyclic) bond motifs is 1. The zero-order valence-corrected chi connectivity index (χ0v) is 20.7. The van der Waals surface area contributed by atoms with Crippen molar-refractivity contribution in [1.82, 2.24) is 10.2 Å². The second-order valence-corrected chi connectivity index (χ2v) is 11.4. The summed E-state index contributed by atoms with van der Waals surface area (Å²) in [5.74, 6) is 0.967. The highest BCUT2D eigenvalue weighted by molar-refractivity contribution is 8.04. The first-order valence-corrected chi connectivity index (χ1v) is 13.1. The second-order valence-electron chi connectivity index (χ2n) is 10.2. The van der Waals surface area contributed by atoms with Crippen LogP contribution in [0.4, 0.5) is 13.2 Å². The number of hydrogen-bond donors (Lipinski definition) is 1. The molecule has 4 rings (SSSR count). The van der Waals surface area contributed by atoms with Gasteiger partial charge >= 0.3 is 6.18 Å². The van der Waals surface area contributed by atoms with Crippen LogP contribution in [0.5, 0.6) is 0 Å². The smallest absolute Gasteiger partial charge is 0.353 e. The molecule has 2 aliphatic carbocycles. The highest BCUT2D eigenvalue weighted by atomic mass is 32.2. The van der Waals surface area contributed by atoms with Crippen molar-refractivity contribution < 1.29 is 22.8 Å². The quantitative estimate of drug-likeness (QED) is 0.546. The molecule has 0 bridgehead atoms. The van der Waals surface area contributed by atoms with Crippen LogP contribution in [-0.4, -0.2) is 41.1 Å². The van der Waals surface area contributed by atoms with Crippen molar-refractivity contribution in [2.24, 2.45) is 17.8 Å². The molecule has 6 unspecified atom stereocenters. The molecule has 0 aromatic heterocycles. The summed E-state index contributed by atoms with van der Waals surface area (Å²) >= 11 is 1.50. The Balaban J connectivity index is 1.40. The number of nitrogens with one attached hydrogen (secondary N) is 1. The first kappa shape index (κ1) is 25.1. The molecule has 3 fully saturated rings. The summed E-state index contributed by atoms with van der Waals surface area (Å²) in [7, 11) is 1.77. The lowest BCUT2D eigenvalue weighted by Crippen LogP contribution is -2.53. The van der Waals surface area contributed by atoms with Crippen molar-refractivity contribution in [3.8, 4) is 0 Å². The largest absolute Gasteiger partial charge is 0.416 e. The number of carbonyl (C=O) groups is 2. The van der Waals surface area contributed by atoms with E-state index in [0.29, 0.717) is 28.7 Å². The van der Waals surface area contributed by atoms with Crippen molar-refractivity contribution >= 4 is 29.7 Å². The van der Waals surface area contributed by atoms with Gasteiger partial charge in [0.25, 0.3) is 5.91 Å². The first-order chi connectivity index (χ1) is 16.0. The van der Waals surface area contributed by atoms with E-state index in [9.17, 15) is 22.8 Å². The highest BCUT2D eigenvalue weighted by Crippen LogP contribution is 2.43. The van der Waals surface area contributed by atoms with Crippen molar-refractivity contribution in [1.29, 1.82) is 0 Å². The second kappa shape index (κ2) is 9.96. The zero-order valence-electron chi connectivity index (χ0n) is 19.9. The molecule has 1 aliphatic heterocycles. The molecule has 1 aromatic rings. The molecular weight excluding hydrogens is 461 g/mol. The number of benzene rings is 1. The minimum Gasteiger partial charge on any atom is -0.353 e. The molecule has 0 spiro atoms. The Kier molecular flexibility index (Phi) is 7.36. The third-order valence-corrected chi connectivity index (χ3v) is 9.40. The maximum absolute atomic E-state index is 13.1. The van der Waals surface area contributed by atoms with Gasteiger partial charge in [0, 0.05) is 30.3 Å². The fourth-order valence-electron chi connectivity index (χ4n) is 5.54. The third kappa shape index (κ3) is 5.31. The Bertz CT molecular complexity index is 946. The van der Waals surface area contributed by atoms with Crippen LogP contribution in [0.25, 0.3) is 6.08 Å². The minimum absolute atomic E-state index is 0.0190. The number of likely N-dealkylation sites (N-methyl/N-ethyl adjacent to an activating group) is 1. The van der Waals surface area contributed by atoms with E-state index in [1.807, 2.05) is 0 Å². The van der Waals surface area contributed by atoms with Gasteiger partial charge < -0.3 is 10.2 Å². The number of rotatable bonds is 3. The SMILES string of the molecule is CC1CCCC(NC(=O)C2CCC3S/C(=C\c4ccc(C(F)(F)F)cc4)C(=O)N(C)C3C2)C1C. The number of hydrogen-bond acceptors (Lipinski definition) is 3. The van der Waals surface area contributed by atoms with E-state index in [4.69, 9.17) is 0 Å². The topological polar surface area (TPSA) is 49.4 Å². The van der Waals surface area contributed by atoms with Crippen LogP contribution in [0, 0.1) is 17.8 Å². The lowest BCUT2D eigenvalue weighted by atomic mass is 9.77. The molecule has 2 saturated carbocycles. The summed E-state index contributed by atoms with van der Waals surface area (Å²) < 4.78 is 38.5. The summed E-state index contributed by atoms with van der Waals surface area (Å²) in [6.07, 6.45) is 2.94.